The van der Waals surface area contributed by atoms with E-state index in [1.54, 1.807) is 0 Å². The second kappa shape index (κ2) is 4.90. The fourth-order valence-electron chi connectivity index (χ4n) is 3.03. The van der Waals surface area contributed by atoms with Gasteiger partial charge in [-0.3, -0.25) is 4.90 Å². The van der Waals surface area contributed by atoms with Gasteiger partial charge in [0.15, 0.2) is 0 Å². The van der Waals surface area contributed by atoms with Gasteiger partial charge < -0.3 is 10.5 Å². The van der Waals surface area contributed by atoms with Crippen molar-refractivity contribution in [2.75, 3.05) is 20.1 Å². The number of benzene rings is 1. The van der Waals surface area contributed by atoms with Crippen molar-refractivity contribution in [2.45, 2.75) is 31.4 Å². The minimum absolute atomic E-state index is 0.292. The number of fused-ring (bicyclic) bond motifs is 1. The second-order valence-corrected chi connectivity index (χ2v) is 5.63. The maximum atomic E-state index is 5.99. The zero-order valence-corrected chi connectivity index (χ0v) is 11.0. The predicted molar refractivity (Wildman–Crippen MR) is 72.8 cm³/mol. The highest BCUT2D eigenvalue weighted by atomic mass is 16.5. The van der Waals surface area contributed by atoms with Crippen LogP contribution in [-0.4, -0.2) is 37.2 Å². The van der Waals surface area contributed by atoms with Crippen LogP contribution >= 0.6 is 0 Å². The van der Waals surface area contributed by atoms with Gasteiger partial charge >= 0.3 is 0 Å². The van der Waals surface area contributed by atoms with Crippen LogP contribution in [0.2, 0.25) is 0 Å². The molecule has 2 unspecified atom stereocenters. The lowest BCUT2D eigenvalue weighted by molar-refractivity contribution is 0.132. The minimum Gasteiger partial charge on any atom is -0.488 e. The van der Waals surface area contributed by atoms with E-state index in [2.05, 4.69) is 30.1 Å². The Kier molecular flexibility index (Phi) is 3.27. The Morgan fingerprint density at radius 2 is 2.17 bits per heavy atom. The fourth-order valence-corrected chi connectivity index (χ4v) is 3.03. The largest absolute Gasteiger partial charge is 0.488 e. The van der Waals surface area contributed by atoms with E-state index in [0.29, 0.717) is 12.1 Å². The fraction of sp³-hybridized carbons (Fsp3) is 0.600. The Bertz CT molecular complexity index is 392. The third-order valence-corrected chi connectivity index (χ3v) is 4.18. The Balaban J connectivity index is 1.58. The van der Waals surface area contributed by atoms with E-state index in [0.717, 1.165) is 31.2 Å². The van der Waals surface area contributed by atoms with E-state index in [1.165, 1.54) is 18.4 Å². The predicted octanol–water partition coefficient (Wildman–Crippen LogP) is 1.66. The number of hydrogen-bond donors (Lipinski definition) is 1. The Labute approximate surface area is 109 Å². The summed E-state index contributed by atoms with van der Waals surface area (Å²) in [5, 5.41) is 0. The highest BCUT2D eigenvalue weighted by Crippen LogP contribution is 2.35. The first-order valence-corrected chi connectivity index (χ1v) is 6.93. The van der Waals surface area contributed by atoms with Gasteiger partial charge in [-0.2, -0.15) is 0 Å². The van der Waals surface area contributed by atoms with E-state index in [1.807, 2.05) is 6.07 Å². The van der Waals surface area contributed by atoms with Gasteiger partial charge in [0.2, 0.25) is 0 Å². The molecule has 1 heterocycles. The summed E-state index contributed by atoms with van der Waals surface area (Å²) < 4.78 is 5.99. The summed E-state index contributed by atoms with van der Waals surface area (Å²) >= 11 is 0. The van der Waals surface area contributed by atoms with Crippen LogP contribution in [0.15, 0.2) is 24.3 Å². The smallest absolute Gasteiger partial charge is 0.123 e. The third-order valence-electron chi connectivity index (χ3n) is 4.18. The van der Waals surface area contributed by atoms with Crippen LogP contribution < -0.4 is 10.5 Å². The molecular weight excluding hydrogens is 224 g/mol. The molecule has 1 aromatic carbocycles. The van der Waals surface area contributed by atoms with Crippen LogP contribution in [0, 0.1) is 5.92 Å². The maximum absolute atomic E-state index is 5.99. The summed E-state index contributed by atoms with van der Waals surface area (Å²) in [6.45, 7) is 1.74. The van der Waals surface area contributed by atoms with Crippen LogP contribution in [-0.2, 0) is 6.42 Å². The van der Waals surface area contributed by atoms with Gasteiger partial charge in [-0.25, -0.2) is 0 Å². The molecule has 3 nitrogen and oxygen atoms in total. The zero-order chi connectivity index (χ0) is 12.5. The molecule has 0 spiro atoms. The summed E-state index contributed by atoms with van der Waals surface area (Å²) in [4.78, 5) is 2.40. The van der Waals surface area contributed by atoms with Crippen molar-refractivity contribution in [3.63, 3.8) is 0 Å². The molecule has 0 bridgehead atoms. The van der Waals surface area contributed by atoms with Gasteiger partial charge in [0.05, 0.1) is 0 Å². The van der Waals surface area contributed by atoms with Crippen LogP contribution in [0.5, 0.6) is 5.75 Å². The molecule has 1 aliphatic carbocycles. The Morgan fingerprint density at radius 3 is 2.83 bits per heavy atom. The molecule has 3 rings (SSSR count). The first-order chi connectivity index (χ1) is 8.78. The highest BCUT2D eigenvalue weighted by molar-refractivity contribution is 5.37. The van der Waals surface area contributed by atoms with Gasteiger partial charge in [-0.15, -0.1) is 0 Å². The van der Waals surface area contributed by atoms with Crippen molar-refractivity contribution >= 4 is 0 Å². The lowest BCUT2D eigenvalue weighted by Crippen LogP contribution is -2.44. The molecule has 2 aliphatic rings. The zero-order valence-electron chi connectivity index (χ0n) is 11.0. The number of hydrogen-bond acceptors (Lipinski definition) is 3. The van der Waals surface area contributed by atoms with Crippen LogP contribution in [0.4, 0.5) is 0 Å². The molecule has 0 aromatic heterocycles. The van der Waals surface area contributed by atoms with E-state index >= 15 is 0 Å². The average Bonchev–Trinajstić information content (AvgIpc) is 3.09. The molecule has 0 saturated heterocycles. The molecule has 2 atom stereocenters. The molecule has 98 valence electrons. The maximum Gasteiger partial charge on any atom is 0.123 e. The number of rotatable bonds is 5. The molecule has 2 N–H and O–H groups in total. The van der Waals surface area contributed by atoms with Gasteiger partial charge in [-0.1, -0.05) is 18.2 Å². The standard InChI is InChI=1S/C15H22N2O/c1-17(14(9-16)11-6-7-11)10-13-8-12-4-2-3-5-15(12)18-13/h2-5,11,13-14H,6-10,16H2,1H3. The van der Waals surface area contributed by atoms with Crippen molar-refractivity contribution in [3.8, 4) is 5.75 Å². The number of nitrogens with zero attached hydrogens (tertiary/aromatic N) is 1. The van der Waals surface area contributed by atoms with Gasteiger partial charge in [0.1, 0.15) is 11.9 Å². The lowest BCUT2D eigenvalue weighted by atomic mass is 10.1. The van der Waals surface area contributed by atoms with Gasteiger partial charge in [0, 0.05) is 25.6 Å². The van der Waals surface area contributed by atoms with E-state index in [9.17, 15) is 0 Å². The summed E-state index contributed by atoms with van der Waals surface area (Å²) in [7, 11) is 2.18. The average molecular weight is 246 g/mol. The molecule has 0 radical (unpaired) electrons. The highest BCUT2D eigenvalue weighted by Gasteiger charge is 2.34. The SMILES string of the molecule is CN(CC1Cc2ccccc2O1)C(CN)C1CC1. The normalized spacial score (nSPS) is 23.8. The van der Waals surface area contributed by atoms with Crippen molar-refractivity contribution in [3.05, 3.63) is 29.8 Å². The summed E-state index contributed by atoms with van der Waals surface area (Å²) in [5.74, 6) is 1.88. The minimum atomic E-state index is 0.292. The lowest BCUT2D eigenvalue weighted by Gasteiger charge is -2.29. The molecular formula is C15H22N2O. The number of nitrogens with two attached hydrogens (primary N) is 1. The number of likely N-dealkylation sites (N-methyl/N-ethyl adjacent to an activating group) is 1. The molecule has 18 heavy (non-hydrogen) atoms. The molecule has 0 amide bonds. The van der Waals surface area contributed by atoms with Crippen LogP contribution in [0.25, 0.3) is 0 Å². The van der Waals surface area contributed by atoms with Crippen molar-refractivity contribution in [1.29, 1.82) is 0 Å². The van der Waals surface area contributed by atoms with Crippen molar-refractivity contribution in [2.24, 2.45) is 11.7 Å². The van der Waals surface area contributed by atoms with Crippen LogP contribution in [0.1, 0.15) is 18.4 Å². The summed E-state index contributed by atoms with van der Waals surface area (Å²) in [6.07, 6.45) is 4.01. The van der Waals surface area contributed by atoms with Gasteiger partial charge in [0.25, 0.3) is 0 Å². The molecule has 1 fully saturated rings. The topological polar surface area (TPSA) is 38.5 Å². The number of ether oxygens (including phenoxy) is 1. The summed E-state index contributed by atoms with van der Waals surface area (Å²) in [5.41, 5.74) is 7.23. The van der Waals surface area contributed by atoms with Crippen molar-refractivity contribution in [1.82, 2.24) is 4.90 Å². The van der Waals surface area contributed by atoms with Crippen molar-refractivity contribution < 1.29 is 4.74 Å². The monoisotopic (exact) mass is 246 g/mol. The van der Waals surface area contributed by atoms with Gasteiger partial charge in [-0.05, 0) is 37.4 Å². The quantitative estimate of drug-likeness (QED) is 0.858. The Hall–Kier alpha value is -1.06. The molecule has 1 aromatic rings. The van der Waals surface area contributed by atoms with Crippen LogP contribution in [0.3, 0.4) is 0 Å². The van der Waals surface area contributed by atoms with E-state index < -0.39 is 0 Å². The first-order valence-electron chi connectivity index (χ1n) is 6.93. The molecule has 1 saturated carbocycles. The number of para-hydroxylation sites is 1. The van der Waals surface area contributed by atoms with E-state index in [-0.39, 0.29) is 0 Å². The third kappa shape index (κ3) is 2.38. The summed E-state index contributed by atoms with van der Waals surface area (Å²) in [6, 6.07) is 8.89. The first kappa shape index (κ1) is 12.0. The molecule has 3 heteroatoms. The molecule has 1 aliphatic heterocycles. The second-order valence-electron chi connectivity index (χ2n) is 5.63. The Morgan fingerprint density at radius 1 is 1.39 bits per heavy atom. The van der Waals surface area contributed by atoms with E-state index in [4.69, 9.17) is 10.5 Å².